The van der Waals surface area contributed by atoms with Gasteiger partial charge in [-0.3, -0.25) is 0 Å². The van der Waals surface area contributed by atoms with E-state index in [1.807, 2.05) is 13.1 Å². The first-order valence-electron chi connectivity index (χ1n) is 11.9. The molecule has 0 amide bonds. The minimum Gasteiger partial charge on any atom is -0.491 e. The predicted molar refractivity (Wildman–Crippen MR) is 144 cm³/mol. The molecule has 3 aromatic rings. The van der Waals surface area contributed by atoms with Gasteiger partial charge in [-0.1, -0.05) is 26.1 Å². The van der Waals surface area contributed by atoms with E-state index in [0.717, 1.165) is 61.1 Å². The van der Waals surface area contributed by atoms with Crippen LogP contribution < -0.4 is 25.6 Å². The Morgan fingerprint density at radius 2 is 1.76 bits per heavy atom. The fourth-order valence-corrected chi connectivity index (χ4v) is 5.56. The molecule has 0 aliphatic carbocycles. The summed E-state index contributed by atoms with van der Waals surface area (Å²) < 4.78 is 6.08. The highest BCUT2D eigenvalue weighted by Crippen LogP contribution is 2.41. The van der Waals surface area contributed by atoms with Crippen molar-refractivity contribution in [3.63, 3.8) is 0 Å². The van der Waals surface area contributed by atoms with Crippen LogP contribution in [0.4, 0.5) is 28.8 Å². The molecular weight excluding hydrogens is 443 g/mol. The lowest BCUT2D eigenvalue weighted by molar-refractivity contribution is 0.312. The van der Waals surface area contributed by atoms with Gasteiger partial charge in [0.25, 0.3) is 0 Å². The number of nitrogens with zero attached hydrogens (tertiary/aromatic N) is 4. The van der Waals surface area contributed by atoms with Crippen LogP contribution in [0.3, 0.4) is 0 Å². The number of rotatable bonds is 6. The quantitative estimate of drug-likeness (QED) is 0.514. The standard InChI is InChI=1S/C26H33N6OP/c1-18-17-27-26(30-25(18)28-20-7-5-6-8-23(20)34(3)4)29-21-9-10-22(19-11-16-33-24(19)21)32-14-12-31(2)13-15-32/h5-10,17H,11-16H2,1-4H3,(H2,27,28,29,30). The molecular formula is C26H33N6OP. The Balaban J connectivity index is 1.40. The average Bonchev–Trinajstić information content (AvgIpc) is 3.33. The van der Waals surface area contributed by atoms with Crippen molar-refractivity contribution >= 4 is 42.1 Å². The molecule has 2 N–H and O–H groups in total. The maximum Gasteiger partial charge on any atom is 0.229 e. The van der Waals surface area contributed by atoms with Gasteiger partial charge in [-0.2, -0.15) is 4.98 Å². The number of hydrogen-bond acceptors (Lipinski definition) is 7. The molecule has 0 bridgehead atoms. The number of aromatic nitrogens is 2. The van der Waals surface area contributed by atoms with Crippen LogP contribution in [0.2, 0.25) is 0 Å². The minimum absolute atomic E-state index is 0.229. The summed E-state index contributed by atoms with van der Waals surface area (Å²) in [6, 6.07) is 12.8. The first-order valence-corrected chi connectivity index (χ1v) is 14.1. The predicted octanol–water partition coefficient (Wildman–Crippen LogP) is 4.33. The Morgan fingerprint density at radius 1 is 0.971 bits per heavy atom. The zero-order chi connectivity index (χ0) is 23.7. The molecule has 0 unspecified atom stereocenters. The van der Waals surface area contributed by atoms with Crippen molar-refractivity contribution in [1.82, 2.24) is 14.9 Å². The van der Waals surface area contributed by atoms with Crippen molar-refractivity contribution < 1.29 is 4.74 Å². The molecule has 2 aromatic carbocycles. The van der Waals surface area contributed by atoms with Gasteiger partial charge in [0.1, 0.15) is 11.6 Å². The van der Waals surface area contributed by atoms with Crippen LogP contribution in [0.1, 0.15) is 11.1 Å². The number of benzene rings is 2. The molecule has 3 heterocycles. The molecule has 7 nitrogen and oxygen atoms in total. The van der Waals surface area contributed by atoms with Gasteiger partial charge < -0.3 is 25.2 Å². The van der Waals surface area contributed by atoms with Crippen molar-refractivity contribution in [2.24, 2.45) is 0 Å². The van der Waals surface area contributed by atoms with Gasteiger partial charge in [-0.05, 0) is 50.8 Å². The summed E-state index contributed by atoms with van der Waals surface area (Å²) in [5.41, 5.74) is 5.61. The lowest BCUT2D eigenvalue weighted by Gasteiger charge is -2.35. The van der Waals surface area contributed by atoms with Crippen LogP contribution in [-0.2, 0) is 6.42 Å². The Morgan fingerprint density at radius 3 is 2.56 bits per heavy atom. The summed E-state index contributed by atoms with van der Waals surface area (Å²) in [6.45, 7) is 11.5. The van der Waals surface area contributed by atoms with Gasteiger partial charge >= 0.3 is 0 Å². The molecule has 0 radical (unpaired) electrons. The van der Waals surface area contributed by atoms with E-state index < -0.39 is 0 Å². The third-order valence-electron chi connectivity index (χ3n) is 6.54. The molecule has 5 rings (SSSR count). The number of aryl methyl sites for hydroxylation is 1. The van der Waals surface area contributed by atoms with Crippen LogP contribution in [0.25, 0.3) is 0 Å². The zero-order valence-corrected chi connectivity index (χ0v) is 21.3. The van der Waals surface area contributed by atoms with Crippen LogP contribution in [0.15, 0.2) is 42.6 Å². The molecule has 1 saturated heterocycles. The van der Waals surface area contributed by atoms with Gasteiger partial charge in [0, 0.05) is 61.3 Å². The number of ether oxygens (including phenoxy) is 1. The summed E-state index contributed by atoms with van der Waals surface area (Å²) in [7, 11) is 1.96. The third-order valence-corrected chi connectivity index (χ3v) is 7.89. The molecule has 0 saturated carbocycles. The lowest BCUT2D eigenvalue weighted by Crippen LogP contribution is -2.44. The van der Waals surface area contributed by atoms with Gasteiger partial charge in [0.15, 0.2) is 0 Å². The second-order valence-electron chi connectivity index (χ2n) is 9.22. The highest BCUT2D eigenvalue weighted by Gasteiger charge is 2.25. The van der Waals surface area contributed by atoms with Crippen molar-refractivity contribution in [2.75, 3.05) is 68.7 Å². The van der Waals surface area contributed by atoms with Gasteiger partial charge in [-0.25, -0.2) is 4.98 Å². The molecule has 0 atom stereocenters. The Kier molecular flexibility index (Phi) is 6.57. The summed E-state index contributed by atoms with van der Waals surface area (Å²) in [5, 5.41) is 8.29. The van der Waals surface area contributed by atoms with E-state index in [-0.39, 0.29) is 7.92 Å². The van der Waals surface area contributed by atoms with Crippen molar-refractivity contribution in [3.8, 4) is 5.75 Å². The summed E-state index contributed by atoms with van der Waals surface area (Å²) in [6.07, 6.45) is 2.79. The number of para-hydroxylation sites is 1. The molecule has 34 heavy (non-hydrogen) atoms. The summed E-state index contributed by atoms with van der Waals surface area (Å²) in [4.78, 5) is 14.2. The number of piperazine rings is 1. The van der Waals surface area contributed by atoms with E-state index in [1.54, 1.807) is 0 Å². The van der Waals surface area contributed by atoms with Crippen molar-refractivity contribution in [1.29, 1.82) is 0 Å². The summed E-state index contributed by atoms with van der Waals surface area (Å²) >= 11 is 0. The summed E-state index contributed by atoms with van der Waals surface area (Å²) in [5.74, 6) is 2.31. The topological polar surface area (TPSA) is 65.6 Å². The second-order valence-corrected chi connectivity index (χ2v) is 11.5. The number of anilines is 5. The second kappa shape index (κ2) is 9.77. The number of nitrogens with one attached hydrogen (secondary N) is 2. The minimum atomic E-state index is -0.229. The lowest BCUT2D eigenvalue weighted by atomic mass is 10.1. The number of fused-ring (bicyclic) bond motifs is 1. The fraction of sp³-hybridized carbons (Fsp3) is 0.385. The van der Waals surface area contributed by atoms with E-state index in [2.05, 4.69) is 82.2 Å². The van der Waals surface area contributed by atoms with E-state index >= 15 is 0 Å². The molecule has 178 valence electrons. The zero-order valence-electron chi connectivity index (χ0n) is 20.4. The van der Waals surface area contributed by atoms with Crippen LogP contribution in [0, 0.1) is 6.92 Å². The van der Waals surface area contributed by atoms with Crippen molar-refractivity contribution in [2.45, 2.75) is 13.3 Å². The van der Waals surface area contributed by atoms with E-state index in [0.29, 0.717) is 12.6 Å². The Hall–Kier alpha value is -2.89. The molecule has 1 fully saturated rings. The average molecular weight is 477 g/mol. The SMILES string of the molecule is Cc1cnc(Nc2ccc(N3CCN(C)CC3)c3c2OCC3)nc1Nc1ccccc1P(C)C. The largest absolute Gasteiger partial charge is 0.491 e. The third kappa shape index (κ3) is 4.68. The smallest absolute Gasteiger partial charge is 0.229 e. The number of hydrogen-bond donors (Lipinski definition) is 2. The normalized spacial score (nSPS) is 15.9. The molecule has 0 spiro atoms. The van der Waals surface area contributed by atoms with Crippen molar-refractivity contribution in [3.05, 3.63) is 53.7 Å². The molecule has 8 heteroatoms. The first-order chi connectivity index (χ1) is 16.5. The highest BCUT2D eigenvalue weighted by molar-refractivity contribution is 7.64. The maximum absolute atomic E-state index is 6.08. The molecule has 2 aliphatic rings. The maximum atomic E-state index is 6.08. The van der Waals surface area contributed by atoms with Crippen LogP contribution in [0.5, 0.6) is 5.75 Å². The van der Waals surface area contributed by atoms with Gasteiger partial charge in [0.2, 0.25) is 5.95 Å². The van der Waals surface area contributed by atoms with Crippen LogP contribution in [-0.4, -0.2) is 68.0 Å². The Labute approximate surface area is 203 Å². The monoisotopic (exact) mass is 476 g/mol. The fourth-order valence-electron chi connectivity index (χ4n) is 4.57. The van der Waals surface area contributed by atoms with Gasteiger partial charge in [-0.15, -0.1) is 0 Å². The Bertz CT molecular complexity index is 1180. The first kappa shape index (κ1) is 22.9. The van der Waals surface area contributed by atoms with E-state index in [1.165, 1.54) is 16.6 Å². The molecule has 1 aromatic heterocycles. The number of likely N-dealkylation sites (N-methyl/N-ethyl adjacent to an activating group) is 1. The van der Waals surface area contributed by atoms with E-state index in [9.17, 15) is 0 Å². The van der Waals surface area contributed by atoms with Crippen LogP contribution >= 0.6 is 7.92 Å². The van der Waals surface area contributed by atoms with Gasteiger partial charge in [0.05, 0.1) is 12.3 Å². The van der Waals surface area contributed by atoms with E-state index in [4.69, 9.17) is 9.72 Å². The molecule has 2 aliphatic heterocycles. The highest BCUT2D eigenvalue weighted by atomic mass is 31.1.